The molecule has 1 aromatic carbocycles. The predicted molar refractivity (Wildman–Crippen MR) is 90.5 cm³/mol. The van der Waals surface area contributed by atoms with Crippen LogP contribution in [0.15, 0.2) is 36.5 Å². The van der Waals surface area contributed by atoms with Crippen LogP contribution in [0.2, 0.25) is 0 Å². The Morgan fingerprint density at radius 2 is 2.00 bits per heavy atom. The minimum Gasteiger partial charge on any atom is -0.481 e. The van der Waals surface area contributed by atoms with E-state index in [2.05, 4.69) is 4.98 Å². The quantitative estimate of drug-likeness (QED) is 0.638. The van der Waals surface area contributed by atoms with Gasteiger partial charge in [-0.1, -0.05) is 30.3 Å². The summed E-state index contributed by atoms with van der Waals surface area (Å²) < 4.78 is 1.41. The Kier molecular flexibility index (Phi) is 4.70. The minimum atomic E-state index is -0.941. The van der Waals surface area contributed by atoms with Crippen LogP contribution in [-0.2, 0) is 16.1 Å². The maximum atomic E-state index is 12.6. The third-order valence-electron chi connectivity index (χ3n) is 4.67. The largest absolute Gasteiger partial charge is 0.481 e. The topological polar surface area (TPSA) is 119 Å². The van der Waals surface area contributed by atoms with E-state index in [1.165, 1.54) is 15.7 Å². The lowest BCUT2D eigenvalue weighted by Gasteiger charge is -2.16. The average Bonchev–Trinajstić information content (AvgIpc) is 3.20. The van der Waals surface area contributed by atoms with Crippen LogP contribution in [-0.4, -0.2) is 49.4 Å². The zero-order valence-electron chi connectivity index (χ0n) is 14.1. The van der Waals surface area contributed by atoms with Gasteiger partial charge in [0.15, 0.2) is 0 Å². The molecule has 0 radical (unpaired) electrons. The summed E-state index contributed by atoms with van der Waals surface area (Å²) in [4.78, 5) is 39.7. The van der Waals surface area contributed by atoms with Gasteiger partial charge in [-0.25, -0.2) is 0 Å². The van der Waals surface area contributed by atoms with Crippen molar-refractivity contribution in [3.63, 3.8) is 0 Å². The van der Waals surface area contributed by atoms with Crippen molar-refractivity contribution >= 4 is 17.7 Å². The molecule has 1 saturated heterocycles. The number of hydrogen-bond acceptors (Lipinski definition) is 5. The van der Waals surface area contributed by atoms with Crippen LogP contribution >= 0.6 is 0 Å². The van der Waals surface area contributed by atoms with E-state index < -0.39 is 16.8 Å². The highest BCUT2D eigenvalue weighted by Crippen LogP contribution is 2.33. The van der Waals surface area contributed by atoms with E-state index in [1.807, 2.05) is 30.3 Å². The summed E-state index contributed by atoms with van der Waals surface area (Å²) in [5.41, 5.74) is 0.879. The molecule has 0 spiro atoms. The van der Waals surface area contributed by atoms with Gasteiger partial charge in [-0.15, -0.1) is 0 Å². The van der Waals surface area contributed by atoms with Crippen LogP contribution in [0, 0.1) is 23.0 Å². The fourth-order valence-corrected chi connectivity index (χ4v) is 3.28. The minimum absolute atomic E-state index is 0.111. The highest BCUT2D eigenvalue weighted by molar-refractivity contribution is 5.79. The van der Waals surface area contributed by atoms with Crippen molar-refractivity contribution < 1.29 is 19.6 Å². The summed E-state index contributed by atoms with van der Waals surface area (Å²) in [6.07, 6.45) is 1.21. The Morgan fingerprint density at radius 1 is 1.31 bits per heavy atom. The normalized spacial score (nSPS) is 19.5. The van der Waals surface area contributed by atoms with Gasteiger partial charge in [0.05, 0.1) is 5.92 Å². The molecule has 1 amide bonds. The number of carboxylic acids is 1. The van der Waals surface area contributed by atoms with Crippen LogP contribution in [0.5, 0.6) is 0 Å². The molecule has 0 saturated carbocycles. The molecular formula is C17H18N4O5. The van der Waals surface area contributed by atoms with Crippen LogP contribution in [0.1, 0.15) is 17.3 Å². The van der Waals surface area contributed by atoms with E-state index in [4.69, 9.17) is 0 Å². The highest BCUT2D eigenvalue weighted by atomic mass is 16.6. The first-order chi connectivity index (χ1) is 12.4. The van der Waals surface area contributed by atoms with Gasteiger partial charge in [-0.05, 0) is 15.5 Å². The van der Waals surface area contributed by atoms with Crippen molar-refractivity contribution in [2.45, 2.75) is 19.4 Å². The second-order valence-corrected chi connectivity index (χ2v) is 6.29. The van der Waals surface area contributed by atoms with Crippen LogP contribution in [0.4, 0.5) is 5.82 Å². The lowest BCUT2D eigenvalue weighted by atomic mass is 9.89. The molecule has 0 unspecified atom stereocenters. The molecule has 3 rings (SSSR count). The predicted octanol–water partition coefficient (Wildman–Crippen LogP) is 1.43. The van der Waals surface area contributed by atoms with Gasteiger partial charge in [0.1, 0.15) is 12.7 Å². The Hall–Kier alpha value is -3.23. The lowest BCUT2D eigenvalue weighted by Crippen LogP contribution is -2.32. The molecular weight excluding hydrogens is 340 g/mol. The van der Waals surface area contributed by atoms with Crippen molar-refractivity contribution in [3.05, 3.63) is 58.0 Å². The Morgan fingerprint density at radius 3 is 2.58 bits per heavy atom. The molecule has 0 bridgehead atoms. The number of imidazole rings is 1. The average molecular weight is 358 g/mol. The first-order valence-electron chi connectivity index (χ1n) is 8.10. The summed E-state index contributed by atoms with van der Waals surface area (Å²) in [6.45, 7) is 1.89. The number of carboxylic acid groups (broad SMARTS) is 1. The number of benzene rings is 1. The number of carbonyl (C=O) groups excluding carboxylic acids is 1. The van der Waals surface area contributed by atoms with Crippen LogP contribution < -0.4 is 0 Å². The Labute approximate surface area is 149 Å². The second kappa shape index (κ2) is 6.95. The smallest absolute Gasteiger partial charge is 0.381 e. The van der Waals surface area contributed by atoms with Gasteiger partial charge in [-0.3, -0.25) is 14.2 Å². The number of likely N-dealkylation sites (tertiary alicyclic amines) is 1. The number of rotatable bonds is 5. The number of carbonyl (C=O) groups is 2. The molecule has 9 nitrogen and oxygen atoms in total. The Balaban J connectivity index is 1.76. The van der Waals surface area contributed by atoms with Crippen molar-refractivity contribution in [1.29, 1.82) is 0 Å². The van der Waals surface area contributed by atoms with Gasteiger partial charge < -0.3 is 20.1 Å². The fourth-order valence-electron chi connectivity index (χ4n) is 3.28. The molecule has 1 aromatic heterocycles. The number of aryl methyl sites for hydroxylation is 1. The first kappa shape index (κ1) is 17.6. The number of aromatic nitrogens is 2. The SMILES string of the molecule is Cc1nc([N+](=O)[O-])cn1CC(=O)N1C[C@H](C(=O)O)[C@H](c2ccccc2)C1. The van der Waals surface area contributed by atoms with Gasteiger partial charge in [0.2, 0.25) is 11.7 Å². The standard InChI is InChI=1S/C17H18N4O5/c1-11-18-15(21(25)26)9-19(11)10-16(22)20-7-13(14(8-20)17(23)24)12-5-3-2-4-6-12/h2-6,9,13-14H,7-8,10H2,1H3,(H,23,24)/t13-,14-/m0/s1. The summed E-state index contributed by atoms with van der Waals surface area (Å²) in [5.74, 6) is -2.15. The maximum Gasteiger partial charge on any atom is 0.381 e. The third kappa shape index (κ3) is 3.41. The monoisotopic (exact) mass is 358 g/mol. The zero-order chi connectivity index (χ0) is 18.8. The molecule has 2 aromatic rings. The summed E-state index contributed by atoms with van der Waals surface area (Å²) >= 11 is 0. The fraction of sp³-hybridized carbons (Fsp3) is 0.353. The highest BCUT2D eigenvalue weighted by Gasteiger charge is 2.40. The number of nitro groups is 1. The number of hydrogen-bond donors (Lipinski definition) is 1. The molecule has 1 fully saturated rings. The van der Waals surface area contributed by atoms with E-state index in [9.17, 15) is 24.8 Å². The van der Waals surface area contributed by atoms with Crippen molar-refractivity contribution in [3.8, 4) is 0 Å². The maximum absolute atomic E-state index is 12.6. The molecule has 0 aliphatic carbocycles. The molecule has 1 aliphatic rings. The lowest BCUT2D eigenvalue weighted by molar-refractivity contribution is -0.389. The van der Waals surface area contributed by atoms with E-state index >= 15 is 0 Å². The third-order valence-corrected chi connectivity index (χ3v) is 4.67. The second-order valence-electron chi connectivity index (χ2n) is 6.29. The number of nitrogens with zero attached hydrogens (tertiary/aromatic N) is 4. The van der Waals surface area contributed by atoms with Crippen molar-refractivity contribution in [2.24, 2.45) is 5.92 Å². The zero-order valence-corrected chi connectivity index (χ0v) is 14.1. The molecule has 1 aliphatic heterocycles. The molecule has 136 valence electrons. The first-order valence-corrected chi connectivity index (χ1v) is 8.10. The molecule has 26 heavy (non-hydrogen) atoms. The van der Waals surface area contributed by atoms with Gasteiger partial charge in [0, 0.05) is 25.9 Å². The van der Waals surface area contributed by atoms with E-state index in [0.717, 1.165) is 5.56 Å². The van der Waals surface area contributed by atoms with Crippen LogP contribution in [0.3, 0.4) is 0 Å². The molecule has 1 N–H and O–H groups in total. The summed E-state index contributed by atoms with van der Waals surface area (Å²) in [5, 5.41) is 20.3. The van der Waals surface area contributed by atoms with E-state index in [0.29, 0.717) is 12.4 Å². The molecule has 9 heteroatoms. The van der Waals surface area contributed by atoms with Gasteiger partial charge in [-0.2, -0.15) is 0 Å². The van der Waals surface area contributed by atoms with E-state index in [-0.39, 0.29) is 30.7 Å². The number of amides is 1. The van der Waals surface area contributed by atoms with Crippen LogP contribution in [0.25, 0.3) is 0 Å². The Bertz CT molecular complexity index is 848. The molecule has 2 atom stereocenters. The van der Waals surface area contributed by atoms with Gasteiger partial charge in [0.25, 0.3) is 0 Å². The number of aliphatic carboxylic acids is 1. The van der Waals surface area contributed by atoms with Gasteiger partial charge >= 0.3 is 11.8 Å². The van der Waals surface area contributed by atoms with E-state index in [1.54, 1.807) is 6.92 Å². The van der Waals surface area contributed by atoms with Crippen molar-refractivity contribution in [2.75, 3.05) is 13.1 Å². The van der Waals surface area contributed by atoms with Crippen molar-refractivity contribution in [1.82, 2.24) is 14.5 Å². The summed E-state index contributed by atoms with van der Waals surface area (Å²) in [7, 11) is 0. The summed E-state index contributed by atoms with van der Waals surface area (Å²) in [6, 6.07) is 9.25. The molecule has 2 heterocycles.